The number of guanidine groups is 2. The zero-order valence-electron chi connectivity index (χ0n) is 7.19. The van der Waals surface area contributed by atoms with Crippen molar-refractivity contribution in [3.05, 3.63) is 17.0 Å². The van der Waals surface area contributed by atoms with Gasteiger partial charge in [0.25, 0.3) is 0 Å². The summed E-state index contributed by atoms with van der Waals surface area (Å²) in [7, 11) is 0. The Balaban J connectivity index is 2.82. The average molecular weight is 197 g/mol. The fourth-order valence-electron chi connectivity index (χ4n) is 0.752. The van der Waals surface area contributed by atoms with E-state index in [1.807, 2.05) is 19.1 Å². The van der Waals surface area contributed by atoms with Gasteiger partial charge in [0, 0.05) is 4.88 Å². The minimum Gasteiger partial charge on any atom is -0.370 e. The van der Waals surface area contributed by atoms with E-state index in [9.17, 15) is 0 Å². The molecule has 0 aliphatic rings. The molecule has 0 saturated carbocycles. The van der Waals surface area contributed by atoms with Crippen LogP contribution in [0, 0.1) is 6.92 Å². The SMILES string of the molecule is Cc1ccc(N=C(N)N=C(N)N)s1. The Morgan fingerprint density at radius 2 is 2.00 bits per heavy atom. The van der Waals surface area contributed by atoms with E-state index in [2.05, 4.69) is 9.98 Å². The predicted molar refractivity (Wildman–Crippen MR) is 56.1 cm³/mol. The molecule has 0 unspecified atom stereocenters. The van der Waals surface area contributed by atoms with Crippen molar-refractivity contribution < 1.29 is 0 Å². The highest BCUT2D eigenvalue weighted by Gasteiger charge is 1.95. The van der Waals surface area contributed by atoms with Gasteiger partial charge in [0.2, 0.25) is 5.96 Å². The first-order valence-corrected chi connectivity index (χ1v) is 4.40. The van der Waals surface area contributed by atoms with Crippen LogP contribution >= 0.6 is 11.3 Å². The second kappa shape index (κ2) is 3.90. The highest BCUT2D eigenvalue weighted by molar-refractivity contribution is 7.15. The molecule has 1 aromatic heterocycles. The third-order valence-corrected chi connectivity index (χ3v) is 2.09. The number of rotatable bonds is 1. The first kappa shape index (κ1) is 9.53. The number of hydrogen-bond acceptors (Lipinski definition) is 2. The Morgan fingerprint density at radius 1 is 1.31 bits per heavy atom. The molecule has 1 rings (SSSR count). The molecule has 0 aliphatic heterocycles. The lowest BCUT2D eigenvalue weighted by molar-refractivity contribution is 1.40. The number of aryl methyl sites for hydroxylation is 1. The van der Waals surface area contributed by atoms with Crippen molar-refractivity contribution in [1.82, 2.24) is 0 Å². The largest absolute Gasteiger partial charge is 0.370 e. The van der Waals surface area contributed by atoms with Crippen molar-refractivity contribution >= 4 is 28.3 Å². The van der Waals surface area contributed by atoms with Crippen LogP contribution in [0.3, 0.4) is 0 Å². The molecule has 13 heavy (non-hydrogen) atoms. The second-order valence-electron chi connectivity index (χ2n) is 2.39. The maximum atomic E-state index is 5.43. The normalized spacial score (nSPS) is 11.3. The number of hydrogen-bond donors (Lipinski definition) is 3. The number of nitrogens with two attached hydrogens (primary N) is 3. The summed E-state index contributed by atoms with van der Waals surface area (Å²) in [6, 6.07) is 3.81. The van der Waals surface area contributed by atoms with Crippen LogP contribution in [0.5, 0.6) is 0 Å². The van der Waals surface area contributed by atoms with E-state index in [0.717, 1.165) is 9.88 Å². The van der Waals surface area contributed by atoms with Gasteiger partial charge in [-0.25, -0.2) is 4.99 Å². The highest BCUT2D eigenvalue weighted by atomic mass is 32.1. The zero-order valence-corrected chi connectivity index (χ0v) is 8.01. The molecular weight excluding hydrogens is 186 g/mol. The Hall–Kier alpha value is -1.56. The van der Waals surface area contributed by atoms with Gasteiger partial charge in [0.1, 0.15) is 5.00 Å². The van der Waals surface area contributed by atoms with Crippen molar-refractivity contribution in [2.45, 2.75) is 6.92 Å². The van der Waals surface area contributed by atoms with Crippen LogP contribution in [-0.4, -0.2) is 11.9 Å². The molecule has 0 aromatic carbocycles. The lowest BCUT2D eigenvalue weighted by atomic mass is 10.5. The first-order valence-electron chi connectivity index (χ1n) is 3.58. The highest BCUT2D eigenvalue weighted by Crippen LogP contribution is 2.23. The fourth-order valence-corrected chi connectivity index (χ4v) is 1.49. The summed E-state index contributed by atoms with van der Waals surface area (Å²) in [5, 5.41) is 0.792. The van der Waals surface area contributed by atoms with Crippen LogP contribution in [0.1, 0.15) is 4.88 Å². The molecule has 0 saturated heterocycles. The van der Waals surface area contributed by atoms with Crippen LogP contribution in [0.15, 0.2) is 22.1 Å². The molecule has 5 nitrogen and oxygen atoms in total. The maximum Gasteiger partial charge on any atom is 0.224 e. The van der Waals surface area contributed by atoms with Gasteiger partial charge in [-0.1, -0.05) is 0 Å². The molecule has 0 radical (unpaired) electrons. The van der Waals surface area contributed by atoms with Gasteiger partial charge >= 0.3 is 0 Å². The van der Waals surface area contributed by atoms with Gasteiger partial charge in [-0.05, 0) is 19.1 Å². The Bertz CT molecular complexity index is 348. The summed E-state index contributed by atoms with van der Waals surface area (Å²) in [6.07, 6.45) is 0. The molecular formula is C7H11N5S. The third kappa shape index (κ3) is 3.12. The van der Waals surface area contributed by atoms with E-state index in [1.54, 1.807) is 0 Å². The molecule has 0 aliphatic carbocycles. The first-order chi connectivity index (χ1) is 6.08. The molecule has 0 atom stereocenters. The van der Waals surface area contributed by atoms with Crippen LogP contribution in [-0.2, 0) is 0 Å². The summed E-state index contributed by atoms with van der Waals surface area (Å²) in [5.74, 6) is -0.0172. The molecule has 70 valence electrons. The van der Waals surface area contributed by atoms with E-state index in [-0.39, 0.29) is 11.9 Å². The van der Waals surface area contributed by atoms with E-state index < -0.39 is 0 Å². The van der Waals surface area contributed by atoms with Gasteiger partial charge in [-0.15, -0.1) is 11.3 Å². The zero-order chi connectivity index (χ0) is 9.84. The minimum absolute atomic E-state index is 0.0712. The van der Waals surface area contributed by atoms with Crippen LogP contribution in [0.2, 0.25) is 0 Å². The van der Waals surface area contributed by atoms with Crippen LogP contribution in [0.4, 0.5) is 5.00 Å². The van der Waals surface area contributed by atoms with Crippen molar-refractivity contribution in [1.29, 1.82) is 0 Å². The quantitative estimate of drug-likeness (QED) is 0.445. The van der Waals surface area contributed by atoms with Gasteiger partial charge in [-0.2, -0.15) is 4.99 Å². The smallest absolute Gasteiger partial charge is 0.224 e. The Labute approximate surface area is 80.0 Å². The Morgan fingerprint density at radius 3 is 2.46 bits per heavy atom. The maximum absolute atomic E-state index is 5.43. The van der Waals surface area contributed by atoms with Gasteiger partial charge in [0.05, 0.1) is 0 Å². The number of thiophene rings is 1. The van der Waals surface area contributed by atoms with Crippen LogP contribution < -0.4 is 17.2 Å². The predicted octanol–water partition coefficient (Wildman–Crippen LogP) is 0.276. The van der Waals surface area contributed by atoms with E-state index >= 15 is 0 Å². The molecule has 1 heterocycles. The monoisotopic (exact) mass is 197 g/mol. The average Bonchev–Trinajstić information content (AvgIpc) is 2.33. The van der Waals surface area contributed by atoms with Gasteiger partial charge in [0.15, 0.2) is 5.96 Å². The molecule has 0 fully saturated rings. The van der Waals surface area contributed by atoms with Crippen molar-refractivity contribution in [2.75, 3.05) is 0 Å². The lowest BCUT2D eigenvalue weighted by Crippen LogP contribution is -2.26. The number of aliphatic imine (C=N–C) groups is 2. The summed E-state index contributed by atoms with van der Waals surface area (Å²) in [6.45, 7) is 1.99. The summed E-state index contributed by atoms with van der Waals surface area (Å²) in [5.41, 5.74) is 15.7. The van der Waals surface area contributed by atoms with Crippen molar-refractivity contribution in [3.8, 4) is 0 Å². The van der Waals surface area contributed by atoms with Crippen molar-refractivity contribution in [2.24, 2.45) is 27.2 Å². The number of nitrogens with zero attached hydrogens (tertiary/aromatic N) is 2. The third-order valence-electron chi connectivity index (χ3n) is 1.19. The molecule has 0 spiro atoms. The molecule has 0 amide bonds. The standard InChI is InChI=1S/C7H11N5S/c1-4-2-3-5(13-4)11-7(10)12-6(8)9/h2-3H,1H3,(H6,8,9,10,11,12). The summed E-state index contributed by atoms with van der Waals surface area (Å²) >= 11 is 1.52. The van der Waals surface area contributed by atoms with Crippen LogP contribution in [0.25, 0.3) is 0 Å². The van der Waals surface area contributed by atoms with Gasteiger partial charge < -0.3 is 17.2 Å². The van der Waals surface area contributed by atoms with E-state index in [0.29, 0.717) is 0 Å². The van der Waals surface area contributed by atoms with E-state index in [4.69, 9.17) is 17.2 Å². The minimum atomic E-state index is -0.0884. The van der Waals surface area contributed by atoms with E-state index in [1.165, 1.54) is 11.3 Å². The fraction of sp³-hybridized carbons (Fsp3) is 0.143. The lowest BCUT2D eigenvalue weighted by Gasteiger charge is -1.91. The topological polar surface area (TPSA) is 103 Å². The molecule has 6 heteroatoms. The molecule has 0 bridgehead atoms. The second-order valence-corrected chi connectivity index (χ2v) is 3.66. The summed E-state index contributed by atoms with van der Waals surface area (Å²) in [4.78, 5) is 8.74. The Kier molecular flexibility index (Phi) is 2.86. The molecule has 1 aromatic rings. The summed E-state index contributed by atoms with van der Waals surface area (Å²) < 4.78 is 0. The van der Waals surface area contributed by atoms with Gasteiger partial charge in [-0.3, -0.25) is 0 Å². The van der Waals surface area contributed by atoms with Crippen molar-refractivity contribution in [3.63, 3.8) is 0 Å². The molecule has 6 N–H and O–H groups in total.